The zero-order chi connectivity index (χ0) is 5.45. The third-order valence-electron chi connectivity index (χ3n) is 2.48. The van der Waals surface area contributed by atoms with Crippen molar-refractivity contribution in [3.05, 3.63) is 0 Å². The quantitative estimate of drug-likeness (QED) is 0.495. The Morgan fingerprint density at radius 2 is 1.62 bits per heavy atom. The Morgan fingerprint density at radius 1 is 1.00 bits per heavy atom. The van der Waals surface area contributed by atoms with Gasteiger partial charge in [-0.2, -0.15) is 0 Å². The molecule has 2 rings (SSSR count). The van der Waals surface area contributed by atoms with Crippen molar-refractivity contribution in [3.63, 3.8) is 0 Å². The fraction of sp³-hybridized carbons (Fsp3) is 1.00. The summed E-state index contributed by atoms with van der Waals surface area (Å²) >= 11 is 1.07. The van der Waals surface area contributed by atoms with Crippen molar-refractivity contribution in [2.45, 2.75) is 41.7 Å². The molecule has 0 nitrogen and oxygen atoms in total. The van der Waals surface area contributed by atoms with Crippen LogP contribution in [-0.4, -0.2) is 15.0 Å². The molecular formula is C7H12Se. The van der Waals surface area contributed by atoms with E-state index in [0.717, 1.165) is 19.3 Å². The van der Waals surface area contributed by atoms with E-state index >= 15 is 0 Å². The van der Waals surface area contributed by atoms with Gasteiger partial charge in [0, 0.05) is 0 Å². The van der Waals surface area contributed by atoms with Gasteiger partial charge in [0.1, 0.15) is 0 Å². The minimum atomic E-state index is 0.979. The summed E-state index contributed by atoms with van der Waals surface area (Å²) in [4.78, 5) is 0. The van der Waals surface area contributed by atoms with Crippen LogP contribution in [0.2, 0.25) is 9.63 Å². The van der Waals surface area contributed by atoms with Gasteiger partial charge in [-0.25, -0.2) is 0 Å². The van der Waals surface area contributed by atoms with E-state index in [4.69, 9.17) is 0 Å². The molecule has 1 saturated carbocycles. The van der Waals surface area contributed by atoms with Crippen LogP contribution < -0.4 is 0 Å². The molecular weight excluding hydrogens is 163 g/mol. The first-order valence-corrected chi connectivity index (χ1v) is 5.62. The molecule has 0 aromatic heterocycles. The molecule has 0 aromatic rings. The van der Waals surface area contributed by atoms with Gasteiger partial charge < -0.3 is 0 Å². The molecule has 0 aromatic carbocycles. The third kappa shape index (κ3) is 0.647. The SMILES string of the molecule is C1CCC2(C1)CC[Se]2. The van der Waals surface area contributed by atoms with Crippen molar-refractivity contribution in [1.82, 2.24) is 0 Å². The van der Waals surface area contributed by atoms with E-state index in [-0.39, 0.29) is 0 Å². The van der Waals surface area contributed by atoms with Gasteiger partial charge in [-0.1, -0.05) is 0 Å². The van der Waals surface area contributed by atoms with Gasteiger partial charge in [0.2, 0.25) is 0 Å². The van der Waals surface area contributed by atoms with Gasteiger partial charge in [0.25, 0.3) is 0 Å². The minimum absolute atomic E-state index is 0.979. The van der Waals surface area contributed by atoms with Crippen molar-refractivity contribution in [2.24, 2.45) is 0 Å². The zero-order valence-electron chi connectivity index (χ0n) is 5.15. The molecule has 0 amide bonds. The van der Waals surface area contributed by atoms with Crippen LogP contribution in [0.1, 0.15) is 32.1 Å². The second kappa shape index (κ2) is 1.75. The molecule has 0 N–H and O–H groups in total. The maximum absolute atomic E-state index is 1.59. The molecule has 1 spiro atoms. The normalized spacial score (nSPS) is 33.0. The summed E-state index contributed by atoms with van der Waals surface area (Å²) in [6.45, 7) is 0. The number of hydrogen-bond acceptors (Lipinski definition) is 0. The van der Waals surface area contributed by atoms with Gasteiger partial charge in [-0.3, -0.25) is 0 Å². The molecule has 1 aliphatic carbocycles. The molecule has 46 valence electrons. The monoisotopic (exact) mass is 176 g/mol. The van der Waals surface area contributed by atoms with Crippen molar-refractivity contribution < 1.29 is 0 Å². The summed E-state index contributed by atoms with van der Waals surface area (Å²) in [6.07, 6.45) is 7.86. The van der Waals surface area contributed by atoms with E-state index in [2.05, 4.69) is 0 Å². The summed E-state index contributed by atoms with van der Waals surface area (Å²) < 4.78 is 0.979. The Bertz CT molecular complexity index is 86.6. The molecule has 2 fully saturated rings. The predicted molar refractivity (Wildman–Crippen MR) is 36.3 cm³/mol. The van der Waals surface area contributed by atoms with Crippen LogP contribution in [0.5, 0.6) is 0 Å². The van der Waals surface area contributed by atoms with Crippen LogP contribution >= 0.6 is 0 Å². The van der Waals surface area contributed by atoms with Gasteiger partial charge in [-0.15, -0.1) is 0 Å². The Balaban J connectivity index is 2.01. The van der Waals surface area contributed by atoms with Crippen LogP contribution in [-0.2, 0) is 0 Å². The van der Waals surface area contributed by atoms with Crippen LogP contribution in [0.4, 0.5) is 0 Å². The second-order valence-corrected chi connectivity index (χ2v) is 6.27. The fourth-order valence-electron chi connectivity index (χ4n) is 1.80. The second-order valence-electron chi connectivity index (χ2n) is 2.99. The Hall–Kier alpha value is 0.519. The van der Waals surface area contributed by atoms with Crippen molar-refractivity contribution in [2.75, 3.05) is 0 Å². The summed E-state index contributed by atoms with van der Waals surface area (Å²) in [5.41, 5.74) is 0. The van der Waals surface area contributed by atoms with Crippen LogP contribution in [0, 0.1) is 0 Å². The standard InChI is InChI=1S/C7H12Se/c1-2-4-7(3-1)5-6-8-7/h1-6H2. The zero-order valence-corrected chi connectivity index (χ0v) is 6.86. The molecule has 2 aliphatic rings. The Labute approximate surface area is 57.2 Å². The van der Waals surface area contributed by atoms with Gasteiger partial charge >= 0.3 is 56.7 Å². The molecule has 1 heteroatoms. The molecule has 1 aliphatic heterocycles. The summed E-state index contributed by atoms with van der Waals surface area (Å²) in [5, 5.41) is 1.59. The first-order valence-electron chi connectivity index (χ1n) is 3.55. The summed E-state index contributed by atoms with van der Waals surface area (Å²) in [5.74, 6) is 0. The topological polar surface area (TPSA) is 0 Å². The van der Waals surface area contributed by atoms with E-state index in [0.29, 0.717) is 0 Å². The Kier molecular flexibility index (Phi) is 1.16. The van der Waals surface area contributed by atoms with Crippen molar-refractivity contribution >= 4 is 15.0 Å². The van der Waals surface area contributed by atoms with Gasteiger partial charge in [-0.05, 0) is 0 Å². The molecule has 0 atom stereocenters. The van der Waals surface area contributed by atoms with E-state index in [9.17, 15) is 0 Å². The molecule has 8 heavy (non-hydrogen) atoms. The van der Waals surface area contributed by atoms with Gasteiger partial charge in [0.05, 0.1) is 0 Å². The first-order chi connectivity index (χ1) is 3.91. The molecule has 0 bridgehead atoms. The fourth-order valence-corrected chi connectivity index (χ4v) is 4.66. The van der Waals surface area contributed by atoms with Crippen molar-refractivity contribution in [3.8, 4) is 0 Å². The van der Waals surface area contributed by atoms with E-state index in [1.807, 2.05) is 0 Å². The Morgan fingerprint density at radius 3 is 1.88 bits per heavy atom. The predicted octanol–water partition coefficient (Wildman–Crippen LogP) is 2.25. The summed E-state index contributed by atoms with van der Waals surface area (Å²) in [6, 6.07) is 0. The average molecular weight is 175 g/mol. The number of rotatable bonds is 0. The molecule has 1 saturated heterocycles. The first kappa shape index (κ1) is 5.32. The summed E-state index contributed by atoms with van der Waals surface area (Å²) in [7, 11) is 0. The number of hydrogen-bond donors (Lipinski definition) is 0. The molecule has 0 unspecified atom stereocenters. The maximum atomic E-state index is 1.59. The average Bonchev–Trinajstić information content (AvgIpc) is 2.07. The van der Waals surface area contributed by atoms with Gasteiger partial charge in [0.15, 0.2) is 0 Å². The van der Waals surface area contributed by atoms with Crippen LogP contribution in [0.25, 0.3) is 0 Å². The van der Waals surface area contributed by atoms with Crippen LogP contribution in [0.3, 0.4) is 0 Å². The van der Waals surface area contributed by atoms with E-state index in [1.54, 1.807) is 37.4 Å². The van der Waals surface area contributed by atoms with E-state index < -0.39 is 0 Å². The van der Waals surface area contributed by atoms with E-state index in [1.165, 1.54) is 0 Å². The third-order valence-corrected chi connectivity index (χ3v) is 5.91. The van der Waals surface area contributed by atoms with Crippen molar-refractivity contribution in [1.29, 1.82) is 0 Å². The molecule has 1 heterocycles. The molecule has 0 radical (unpaired) electrons. The van der Waals surface area contributed by atoms with Crippen LogP contribution in [0.15, 0.2) is 0 Å².